The number of carboxylic acid groups (broad SMARTS) is 1. The molecule has 0 aromatic heterocycles. The first-order valence-corrected chi connectivity index (χ1v) is 5.35. The molecule has 0 bridgehead atoms. The quantitative estimate of drug-likeness (QED) is 0.637. The molecule has 0 aromatic carbocycles. The first kappa shape index (κ1) is 12.9. The Morgan fingerprint density at radius 1 is 1.31 bits per heavy atom. The van der Waals surface area contributed by atoms with Gasteiger partial charge in [-0.25, -0.2) is 4.79 Å². The van der Waals surface area contributed by atoms with Gasteiger partial charge in [-0.15, -0.1) is 0 Å². The monoisotopic (exact) mass is 231 g/mol. The molecule has 0 unspecified atom stereocenters. The van der Waals surface area contributed by atoms with Gasteiger partial charge in [-0.1, -0.05) is 0 Å². The van der Waals surface area contributed by atoms with Gasteiger partial charge in [0.05, 0.1) is 13.2 Å². The number of hydrogen-bond acceptors (Lipinski definition) is 4. The molecule has 6 heteroatoms. The van der Waals surface area contributed by atoms with Crippen LogP contribution < -0.4 is 0 Å². The predicted octanol–water partition coefficient (Wildman–Crippen LogP) is -0.273. The van der Waals surface area contributed by atoms with Crippen LogP contribution in [-0.4, -0.2) is 61.4 Å². The SMILES string of the molecule is O=C(O)COCCCC(=O)N1CCOCC1. The third kappa shape index (κ3) is 5.09. The summed E-state index contributed by atoms with van der Waals surface area (Å²) in [6, 6.07) is 0. The van der Waals surface area contributed by atoms with Crippen LogP contribution in [0.15, 0.2) is 0 Å². The fraction of sp³-hybridized carbons (Fsp3) is 0.800. The van der Waals surface area contributed by atoms with Gasteiger partial charge in [0.2, 0.25) is 5.91 Å². The molecule has 92 valence electrons. The Balaban J connectivity index is 2.03. The molecular weight excluding hydrogens is 214 g/mol. The van der Waals surface area contributed by atoms with Gasteiger partial charge in [0.25, 0.3) is 0 Å². The van der Waals surface area contributed by atoms with E-state index in [1.807, 2.05) is 0 Å². The molecule has 6 nitrogen and oxygen atoms in total. The van der Waals surface area contributed by atoms with Crippen LogP contribution in [0.2, 0.25) is 0 Å². The van der Waals surface area contributed by atoms with Gasteiger partial charge in [-0.05, 0) is 6.42 Å². The first-order chi connectivity index (χ1) is 7.70. The minimum atomic E-state index is -0.987. The molecular formula is C10H17NO5. The Morgan fingerprint density at radius 3 is 2.62 bits per heavy atom. The van der Waals surface area contributed by atoms with Gasteiger partial charge < -0.3 is 19.5 Å². The second kappa shape index (κ2) is 7.19. The van der Waals surface area contributed by atoms with Gasteiger partial charge >= 0.3 is 5.97 Å². The van der Waals surface area contributed by atoms with E-state index in [2.05, 4.69) is 0 Å². The van der Waals surface area contributed by atoms with E-state index in [9.17, 15) is 9.59 Å². The molecule has 16 heavy (non-hydrogen) atoms. The molecule has 1 fully saturated rings. The molecule has 1 saturated heterocycles. The number of ether oxygens (including phenoxy) is 2. The fourth-order valence-electron chi connectivity index (χ4n) is 1.46. The Bertz CT molecular complexity index is 237. The lowest BCUT2D eigenvalue weighted by Gasteiger charge is -2.26. The van der Waals surface area contributed by atoms with Crippen molar-refractivity contribution in [3.8, 4) is 0 Å². The zero-order valence-electron chi connectivity index (χ0n) is 9.18. The lowest BCUT2D eigenvalue weighted by atomic mass is 10.2. The molecule has 0 radical (unpaired) electrons. The van der Waals surface area contributed by atoms with Crippen molar-refractivity contribution in [2.45, 2.75) is 12.8 Å². The lowest BCUT2D eigenvalue weighted by molar-refractivity contribution is -0.142. The number of carboxylic acids is 1. The van der Waals surface area contributed by atoms with Crippen molar-refractivity contribution in [2.75, 3.05) is 39.5 Å². The largest absolute Gasteiger partial charge is 0.480 e. The maximum absolute atomic E-state index is 11.6. The Morgan fingerprint density at radius 2 is 2.00 bits per heavy atom. The highest BCUT2D eigenvalue weighted by atomic mass is 16.5. The highest BCUT2D eigenvalue weighted by Crippen LogP contribution is 2.02. The molecule has 0 atom stereocenters. The standard InChI is InChI=1S/C10H17NO5/c12-9(11-3-6-15-7-4-11)2-1-5-16-8-10(13)14/h1-8H2,(H,13,14). The van der Waals surface area contributed by atoms with Crippen LogP contribution in [-0.2, 0) is 19.1 Å². The van der Waals surface area contributed by atoms with Crippen LogP contribution in [0.25, 0.3) is 0 Å². The summed E-state index contributed by atoms with van der Waals surface area (Å²) in [5.74, 6) is -0.901. The molecule has 0 aliphatic carbocycles. The van der Waals surface area contributed by atoms with E-state index in [4.69, 9.17) is 14.6 Å². The van der Waals surface area contributed by atoms with Crippen molar-refractivity contribution in [3.63, 3.8) is 0 Å². The Labute approximate surface area is 94.1 Å². The topological polar surface area (TPSA) is 76.1 Å². The maximum Gasteiger partial charge on any atom is 0.329 e. The molecule has 0 aromatic rings. The van der Waals surface area contributed by atoms with Crippen molar-refractivity contribution >= 4 is 11.9 Å². The molecule has 1 aliphatic rings. The summed E-state index contributed by atoms with van der Waals surface area (Å²) in [4.78, 5) is 23.5. The summed E-state index contributed by atoms with van der Waals surface area (Å²) in [7, 11) is 0. The van der Waals surface area contributed by atoms with Crippen LogP contribution in [0.3, 0.4) is 0 Å². The molecule has 1 aliphatic heterocycles. The molecule has 1 amide bonds. The molecule has 0 saturated carbocycles. The number of hydrogen-bond donors (Lipinski definition) is 1. The van der Waals surface area contributed by atoms with Gasteiger partial charge in [0, 0.05) is 26.1 Å². The number of aliphatic carboxylic acids is 1. The normalized spacial score (nSPS) is 16.1. The van der Waals surface area contributed by atoms with Gasteiger partial charge in [0.1, 0.15) is 6.61 Å². The van der Waals surface area contributed by atoms with Gasteiger partial charge in [-0.2, -0.15) is 0 Å². The number of nitrogens with zero attached hydrogens (tertiary/aromatic N) is 1. The van der Waals surface area contributed by atoms with E-state index < -0.39 is 5.97 Å². The average molecular weight is 231 g/mol. The number of morpholine rings is 1. The summed E-state index contributed by atoms with van der Waals surface area (Å²) >= 11 is 0. The van der Waals surface area contributed by atoms with Crippen LogP contribution in [0.4, 0.5) is 0 Å². The minimum Gasteiger partial charge on any atom is -0.480 e. The van der Waals surface area contributed by atoms with Crippen molar-refractivity contribution in [1.29, 1.82) is 0 Å². The van der Waals surface area contributed by atoms with E-state index in [0.29, 0.717) is 45.8 Å². The third-order valence-corrected chi connectivity index (χ3v) is 2.27. The number of rotatable bonds is 6. The Hall–Kier alpha value is -1.14. The van der Waals surface area contributed by atoms with Crippen molar-refractivity contribution in [1.82, 2.24) is 4.90 Å². The summed E-state index contributed by atoms with van der Waals surface area (Å²) in [6.07, 6.45) is 0.961. The third-order valence-electron chi connectivity index (χ3n) is 2.27. The van der Waals surface area contributed by atoms with Crippen LogP contribution in [0.5, 0.6) is 0 Å². The molecule has 1 heterocycles. The number of carbonyl (C=O) groups is 2. The average Bonchev–Trinajstić information content (AvgIpc) is 2.29. The minimum absolute atomic E-state index is 0.0854. The second-order valence-electron chi connectivity index (χ2n) is 3.54. The van der Waals surface area contributed by atoms with E-state index in [-0.39, 0.29) is 12.5 Å². The molecule has 1 rings (SSSR count). The summed E-state index contributed by atoms with van der Waals surface area (Å²) < 4.78 is 9.97. The molecule has 1 N–H and O–H groups in total. The van der Waals surface area contributed by atoms with E-state index in [0.717, 1.165) is 0 Å². The predicted molar refractivity (Wildman–Crippen MR) is 55.1 cm³/mol. The Kier molecular flexibility index (Phi) is 5.81. The van der Waals surface area contributed by atoms with Gasteiger partial charge in [-0.3, -0.25) is 4.79 Å². The number of amides is 1. The van der Waals surface area contributed by atoms with Crippen LogP contribution in [0, 0.1) is 0 Å². The summed E-state index contributed by atoms with van der Waals surface area (Å²) in [6.45, 7) is 2.50. The van der Waals surface area contributed by atoms with E-state index >= 15 is 0 Å². The maximum atomic E-state index is 11.6. The number of carbonyl (C=O) groups excluding carboxylic acids is 1. The molecule has 0 spiro atoms. The van der Waals surface area contributed by atoms with Crippen LogP contribution in [0.1, 0.15) is 12.8 Å². The highest BCUT2D eigenvalue weighted by molar-refractivity contribution is 5.76. The van der Waals surface area contributed by atoms with E-state index in [1.54, 1.807) is 4.90 Å². The second-order valence-corrected chi connectivity index (χ2v) is 3.54. The zero-order chi connectivity index (χ0) is 11.8. The first-order valence-electron chi connectivity index (χ1n) is 5.35. The summed E-state index contributed by atoms with van der Waals surface area (Å²) in [5.41, 5.74) is 0. The van der Waals surface area contributed by atoms with Crippen molar-refractivity contribution < 1.29 is 24.2 Å². The summed E-state index contributed by atoms with van der Waals surface area (Å²) in [5, 5.41) is 8.31. The fourth-order valence-corrected chi connectivity index (χ4v) is 1.46. The lowest BCUT2D eigenvalue weighted by Crippen LogP contribution is -2.40. The zero-order valence-corrected chi connectivity index (χ0v) is 9.18. The highest BCUT2D eigenvalue weighted by Gasteiger charge is 2.15. The van der Waals surface area contributed by atoms with E-state index in [1.165, 1.54) is 0 Å². The van der Waals surface area contributed by atoms with Crippen molar-refractivity contribution in [3.05, 3.63) is 0 Å². The smallest absolute Gasteiger partial charge is 0.329 e. The van der Waals surface area contributed by atoms with Gasteiger partial charge in [0.15, 0.2) is 0 Å². The van der Waals surface area contributed by atoms with Crippen molar-refractivity contribution in [2.24, 2.45) is 0 Å². The van der Waals surface area contributed by atoms with Crippen LogP contribution >= 0.6 is 0 Å².